The van der Waals surface area contributed by atoms with Crippen LogP contribution in [0.15, 0.2) is 0 Å². The Labute approximate surface area is 89.1 Å². The molecule has 0 aliphatic rings. The Kier molecular flexibility index (Phi) is 8.20. The minimum absolute atomic E-state index is 0.320. The quantitative estimate of drug-likeness (QED) is 0.591. The first kappa shape index (κ1) is 13.9. The van der Waals surface area contributed by atoms with Crippen molar-refractivity contribution < 1.29 is 5.11 Å². The summed E-state index contributed by atoms with van der Waals surface area (Å²) in [6, 6.07) is 0.615. The second kappa shape index (κ2) is 8.25. The Balaban J connectivity index is 3.35. The second-order valence-electron chi connectivity index (χ2n) is 4.56. The van der Waals surface area contributed by atoms with Gasteiger partial charge in [0, 0.05) is 12.6 Å². The molecule has 14 heavy (non-hydrogen) atoms. The van der Waals surface area contributed by atoms with E-state index in [1.165, 1.54) is 12.8 Å². The predicted molar refractivity (Wildman–Crippen MR) is 62.4 cm³/mol. The minimum atomic E-state index is 0.320. The fourth-order valence-electron chi connectivity index (χ4n) is 1.43. The smallest absolute Gasteiger partial charge is 0.0456 e. The van der Waals surface area contributed by atoms with Gasteiger partial charge in [-0.2, -0.15) is 0 Å². The van der Waals surface area contributed by atoms with Gasteiger partial charge in [-0.1, -0.05) is 27.2 Å². The van der Waals surface area contributed by atoms with Crippen molar-refractivity contribution in [3.05, 3.63) is 0 Å². The van der Waals surface area contributed by atoms with Crippen LogP contribution in [-0.2, 0) is 0 Å². The molecule has 2 nitrogen and oxygen atoms in total. The van der Waals surface area contributed by atoms with E-state index in [-0.39, 0.29) is 0 Å². The highest BCUT2D eigenvalue weighted by Crippen LogP contribution is 2.07. The van der Waals surface area contributed by atoms with Crippen LogP contribution in [0.4, 0.5) is 0 Å². The van der Waals surface area contributed by atoms with Crippen LogP contribution in [0.3, 0.4) is 0 Å². The van der Waals surface area contributed by atoms with Gasteiger partial charge in [-0.25, -0.2) is 0 Å². The molecule has 86 valence electrons. The van der Waals surface area contributed by atoms with Crippen LogP contribution in [0.1, 0.15) is 47.0 Å². The molecular weight excluding hydrogens is 174 g/mol. The third-order valence-corrected chi connectivity index (χ3v) is 3.15. The van der Waals surface area contributed by atoms with E-state index in [2.05, 4.69) is 33.0 Å². The molecule has 3 atom stereocenters. The van der Waals surface area contributed by atoms with Gasteiger partial charge in [0.05, 0.1) is 0 Å². The number of aliphatic hydroxyl groups excluding tert-OH is 1. The Morgan fingerprint density at radius 2 is 1.86 bits per heavy atom. The van der Waals surface area contributed by atoms with Crippen molar-refractivity contribution in [1.82, 2.24) is 5.32 Å². The molecule has 3 unspecified atom stereocenters. The Morgan fingerprint density at radius 3 is 2.36 bits per heavy atom. The fourth-order valence-corrected chi connectivity index (χ4v) is 1.43. The molecule has 2 N–H and O–H groups in total. The topological polar surface area (TPSA) is 32.3 Å². The van der Waals surface area contributed by atoms with Gasteiger partial charge < -0.3 is 10.4 Å². The number of hydrogen-bond acceptors (Lipinski definition) is 2. The zero-order valence-electron chi connectivity index (χ0n) is 10.2. The fraction of sp³-hybridized carbons (Fsp3) is 1.00. The average molecular weight is 201 g/mol. The summed E-state index contributed by atoms with van der Waals surface area (Å²) in [5.41, 5.74) is 0. The van der Waals surface area contributed by atoms with Crippen LogP contribution >= 0.6 is 0 Å². The largest absolute Gasteiger partial charge is 0.396 e. The third kappa shape index (κ3) is 6.39. The Bertz CT molecular complexity index is 127. The lowest BCUT2D eigenvalue weighted by Crippen LogP contribution is -2.32. The summed E-state index contributed by atoms with van der Waals surface area (Å²) in [7, 11) is 0. The van der Waals surface area contributed by atoms with Crippen molar-refractivity contribution in [3.8, 4) is 0 Å². The first-order valence-electron chi connectivity index (χ1n) is 5.96. The summed E-state index contributed by atoms with van der Waals surface area (Å²) in [5.74, 6) is 1.21. The van der Waals surface area contributed by atoms with Gasteiger partial charge in [-0.3, -0.25) is 0 Å². The summed E-state index contributed by atoms with van der Waals surface area (Å²) in [6.45, 7) is 10.3. The SMILES string of the molecule is CCC(C)C(C)NCCCC(C)CO. The highest BCUT2D eigenvalue weighted by atomic mass is 16.3. The molecule has 0 fully saturated rings. The van der Waals surface area contributed by atoms with Crippen molar-refractivity contribution in [2.24, 2.45) is 11.8 Å². The second-order valence-corrected chi connectivity index (χ2v) is 4.56. The molecular formula is C12H27NO. The maximum atomic E-state index is 8.85. The third-order valence-electron chi connectivity index (χ3n) is 3.15. The Hall–Kier alpha value is -0.0800. The maximum Gasteiger partial charge on any atom is 0.0456 e. The van der Waals surface area contributed by atoms with Crippen LogP contribution in [0, 0.1) is 11.8 Å². The molecule has 0 amide bonds. The first-order valence-corrected chi connectivity index (χ1v) is 5.96. The van der Waals surface area contributed by atoms with Crippen LogP contribution in [0.5, 0.6) is 0 Å². The number of aliphatic hydroxyl groups is 1. The van der Waals surface area contributed by atoms with E-state index in [4.69, 9.17) is 5.11 Å². The predicted octanol–water partition coefficient (Wildman–Crippen LogP) is 2.42. The molecule has 0 saturated heterocycles. The summed E-state index contributed by atoms with van der Waals surface area (Å²) < 4.78 is 0. The van der Waals surface area contributed by atoms with Gasteiger partial charge in [0.2, 0.25) is 0 Å². The van der Waals surface area contributed by atoms with Gasteiger partial charge in [-0.15, -0.1) is 0 Å². The minimum Gasteiger partial charge on any atom is -0.396 e. The number of nitrogens with one attached hydrogen (secondary N) is 1. The van der Waals surface area contributed by atoms with Gasteiger partial charge >= 0.3 is 0 Å². The standard InChI is InChI=1S/C12H27NO/c1-5-11(3)12(4)13-8-6-7-10(2)9-14/h10-14H,5-9H2,1-4H3. The average Bonchev–Trinajstić information content (AvgIpc) is 2.22. The highest BCUT2D eigenvalue weighted by molar-refractivity contribution is 4.67. The highest BCUT2D eigenvalue weighted by Gasteiger charge is 2.08. The zero-order chi connectivity index (χ0) is 11.0. The molecule has 0 bridgehead atoms. The molecule has 0 rings (SSSR count). The van der Waals surface area contributed by atoms with Gasteiger partial charge in [0.1, 0.15) is 0 Å². The van der Waals surface area contributed by atoms with Crippen LogP contribution in [0.2, 0.25) is 0 Å². The maximum absolute atomic E-state index is 8.85. The molecule has 0 aromatic rings. The van der Waals surface area contributed by atoms with Gasteiger partial charge in [0.15, 0.2) is 0 Å². The van der Waals surface area contributed by atoms with E-state index < -0.39 is 0 Å². The van der Waals surface area contributed by atoms with Crippen LogP contribution in [0.25, 0.3) is 0 Å². The van der Waals surface area contributed by atoms with E-state index in [0.29, 0.717) is 18.6 Å². The summed E-state index contributed by atoms with van der Waals surface area (Å²) >= 11 is 0. The van der Waals surface area contributed by atoms with E-state index in [0.717, 1.165) is 18.9 Å². The van der Waals surface area contributed by atoms with Crippen molar-refractivity contribution >= 4 is 0 Å². The van der Waals surface area contributed by atoms with Crippen molar-refractivity contribution in [2.45, 2.75) is 53.0 Å². The van der Waals surface area contributed by atoms with Gasteiger partial charge in [0.25, 0.3) is 0 Å². The summed E-state index contributed by atoms with van der Waals surface area (Å²) in [6.07, 6.45) is 3.53. The Morgan fingerprint density at radius 1 is 1.21 bits per heavy atom. The molecule has 2 heteroatoms. The molecule has 0 aromatic carbocycles. The van der Waals surface area contributed by atoms with E-state index in [1.807, 2.05) is 0 Å². The van der Waals surface area contributed by atoms with Crippen molar-refractivity contribution in [3.63, 3.8) is 0 Å². The lowest BCUT2D eigenvalue weighted by molar-refractivity contribution is 0.227. The summed E-state index contributed by atoms with van der Waals surface area (Å²) in [5, 5.41) is 12.4. The lowest BCUT2D eigenvalue weighted by Gasteiger charge is -2.20. The van der Waals surface area contributed by atoms with Crippen LogP contribution in [-0.4, -0.2) is 24.3 Å². The van der Waals surface area contributed by atoms with Gasteiger partial charge in [-0.05, 0) is 38.1 Å². The molecule has 0 radical (unpaired) electrons. The normalized spacial score (nSPS) is 17.8. The first-order chi connectivity index (χ1) is 6.61. The van der Waals surface area contributed by atoms with E-state index in [9.17, 15) is 0 Å². The molecule has 0 aromatic heterocycles. The summed E-state index contributed by atoms with van der Waals surface area (Å²) in [4.78, 5) is 0. The molecule has 0 aliphatic carbocycles. The molecule has 0 aliphatic heterocycles. The van der Waals surface area contributed by atoms with E-state index >= 15 is 0 Å². The zero-order valence-corrected chi connectivity index (χ0v) is 10.2. The van der Waals surface area contributed by atoms with Crippen LogP contribution < -0.4 is 5.32 Å². The number of rotatable bonds is 8. The monoisotopic (exact) mass is 201 g/mol. The molecule has 0 heterocycles. The number of hydrogen-bond donors (Lipinski definition) is 2. The van der Waals surface area contributed by atoms with Crippen molar-refractivity contribution in [2.75, 3.05) is 13.2 Å². The van der Waals surface area contributed by atoms with Crippen molar-refractivity contribution in [1.29, 1.82) is 0 Å². The lowest BCUT2D eigenvalue weighted by atomic mass is 10.0. The molecule has 0 saturated carbocycles. The molecule has 0 spiro atoms. The van der Waals surface area contributed by atoms with E-state index in [1.54, 1.807) is 0 Å².